The lowest BCUT2D eigenvalue weighted by molar-refractivity contribution is 0.140. The first kappa shape index (κ1) is 6.68. The summed E-state index contributed by atoms with van der Waals surface area (Å²) < 4.78 is 27.7. The summed E-state index contributed by atoms with van der Waals surface area (Å²) in [6, 6.07) is 1.52. The van der Waals surface area contributed by atoms with E-state index in [0.717, 1.165) is 6.26 Å². The largest absolute Gasteiger partial charge is 0.363 e. The van der Waals surface area contributed by atoms with Crippen molar-refractivity contribution in [2.75, 3.05) is 0 Å². The Kier molecular flexibility index (Phi) is 1.63. The molecule has 0 aliphatic carbocycles. The van der Waals surface area contributed by atoms with Crippen LogP contribution < -0.4 is 0 Å². The molecule has 0 radical (unpaired) electrons. The van der Waals surface area contributed by atoms with E-state index in [1.165, 1.54) is 6.07 Å². The highest BCUT2D eigenvalue weighted by atomic mass is 19.3. The molecular formula is C5H2F2N2O. The second-order valence-corrected chi connectivity index (χ2v) is 1.53. The van der Waals surface area contributed by atoms with Gasteiger partial charge in [0.05, 0.1) is 0 Å². The van der Waals surface area contributed by atoms with Crippen molar-refractivity contribution in [2.45, 2.75) is 6.43 Å². The number of hydrogen-bond donors (Lipinski definition) is 0. The molecule has 0 saturated carbocycles. The molecule has 0 atom stereocenters. The molecule has 1 heterocycles. The van der Waals surface area contributed by atoms with E-state index in [-0.39, 0.29) is 5.56 Å². The average molecular weight is 144 g/mol. The number of rotatable bonds is 1. The Labute approximate surface area is 54.9 Å². The average Bonchev–Trinajstić information content (AvgIpc) is 2.33. The minimum atomic E-state index is -2.74. The van der Waals surface area contributed by atoms with E-state index < -0.39 is 12.1 Å². The normalized spacial score (nSPS) is 9.80. The third-order valence-corrected chi connectivity index (χ3v) is 0.925. The monoisotopic (exact) mass is 144 g/mol. The summed E-state index contributed by atoms with van der Waals surface area (Å²) in [6.07, 6.45) is -1.85. The Morgan fingerprint density at radius 2 is 2.40 bits per heavy atom. The Balaban J connectivity index is 3.05. The van der Waals surface area contributed by atoms with Crippen LogP contribution in [0, 0.1) is 11.3 Å². The van der Waals surface area contributed by atoms with Crippen molar-refractivity contribution in [2.24, 2.45) is 0 Å². The number of nitriles is 1. The van der Waals surface area contributed by atoms with Crippen LogP contribution in [0.1, 0.15) is 17.7 Å². The first-order valence-corrected chi connectivity index (χ1v) is 2.38. The second-order valence-electron chi connectivity index (χ2n) is 1.53. The molecule has 1 aromatic rings. The van der Waals surface area contributed by atoms with Crippen LogP contribution in [0.3, 0.4) is 0 Å². The summed E-state index contributed by atoms with van der Waals surface area (Å²) in [4.78, 5) is 0. The standard InChI is InChI=1S/C5H2F2N2O/c6-5(7)4-3(1-8)2-10-9-4/h2,5H. The fraction of sp³-hybridized carbons (Fsp3) is 0.200. The van der Waals surface area contributed by atoms with E-state index >= 15 is 0 Å². The summed E-state index contributed by atoms with van der Waals surface area (Å²) in [5.74, 6) is 0. The zero-order valence-electron chi connectivity index (χ0n) is 4.71. The SMILES string of the molecule is N#Cc1conc1C(F)F. The molecule has 3 nitrogen and oxygen atoms in total. The zero-order chi connectivity index (χ0) is 7.56. The van der Waals surface area contributed by atoms with E-state index in [4.69, 9.17) is 5.26 Å². The van der Waals surface area contributed by atoms with Gasteiger partial charge in [0.1, 0.15) is 17.9 Å². The molecule has 0 aliphatic heterocycles. The topological polar surface area (TPSA) is 49.8 Å². The van der Waals surface area contributed by atoms with E-state index in [9.17, 15) is 8.78 Å². The Morgan fingerprint density at radius 3 is 2.80 bits per heavy atom. The van der Waals surface area contributed by atoms with Crippen molar-refractivity contribution in [3.8, 4) is 6.07 Å². The van der Waals surface area contributed by atoms with Crippen molar-refractivity contribution in [1.82, 2.24) is 5.16 Å². The summed E-state index contributed by atoms with van der Waals surface area (Å²) in [5, 5.41) is 11.1. The molecule has 0 unspecified atom stereocenters. The molecule has 0 amide bonds. The minimum Gasteiger partial charge on any atom is -0.363 e. The Bertz CT molecular complexity index is 263. The summed E-state index contributed by atoms with van der Waals surface area (Å²) >= 11 is 0. The van der Waals surface area contributed by atoms with Crippen LogP contribution in [-0.2, 0) is 0 Å². The molecule has 5 heteroatoms. The maximum absolute atomic E-state index is 11.8. The number of alkyl halides is 2. The van der Waals surface area contributed by atoms with Crippen LogP contribution >= 0.6 is 0 Å². The number of hydrogen-bond acceptors (Lipinski definition) is 3. The fourth-order valence-corrected chi connectivity index (χ4v) is 0.486. The Morgan fingerprint density at radius 1 is 1.70 bits per heavy atom. The highest BCUT2D eigenvalue weighted by molar-refractivity contribution is 5.29. The lowest BCUT2D eigenvalue weighted by Gasteiger charge is -1.87. The maximum atomic E-state index is 11.8. The summed E-state index contributed by atoms with van der Waals surface area (Å²) in [6.45, 7) is 0. The van der Waals surface area contributed by atoms with Gasteiger partial charge in [-0.1, -0.05) is 5.16 Å². The first-order chi connectivity index (χ1) is 4.75. The molecule has 0 fully saturated rings. The smallest absolute Gasteiger partial charge is 0.285 e. The third kappa shape index (κ3) is 0.957. The van der Waals surface area contributed by atoms with Crippen molar-refractivity contribution in [3.05, 3.63) is 17.5 Å². The van der Waals surface area contributed by atoms with Crippen LogP contribution in [0.25, 0.3) is 0 Å². The van der Waals surface area contributed by atoms with E-state index in [1.54, 1.807) is 0 Å². The Hall–Kier alpha value is -1.44. The van der Waals surface area contributed by atoms with Crippen molar-refractivity contribution in [1.29, 1.82) is 5.26 Å². The number of halogens is 2. The van der Waals surface area contributed by atoms with Crippen molar-refractivity contribution >= 4 is 0 Å². The molecular weight excluding hydrogens is 142 g/mol. The van der Waals surface area contributed by atoms with Gasteiger partial charge in [-0.2, -0.15) is 5.26 Å². The molecule has 0 spiro atoms. The third-order valence-electron chi connectivity index (χ3n) is 0.925. The number of aromatic nitrogens is 1. The molecule has 52 valence electrons. The van der Waals surface area contributed by atoms with Gasteiger partial charge in [-0.05, 0) is 0 Å². The molecule has 1 rings (SSSR count). The van der Waals surface area contributed by atoms with Gasteiger partial charge < -0.3 is 4.52 Å². The predicted molar refractivity (Wildman–Crippen MR) is 26.2 cm³/mol. The fourth-order valence-electron chi connectivity index (χ4n) is 0.486. The number of nitrogens with zero attached hydrogens (tertiary/aromatic N) is 2. The van der Waals surface area contributed by atoms with Crippen LogP contribution in [0.2, 0.25) is 0 Å². The molecule has 1 aromatic heterocycles. The molecule has 0 bridgehead atoms. The minimum absolute atomic E-state index is 0.213. The van der Waals surface area contributed by atoms with Gasteiger partial charge in [-0.25, -0.2) is 8.78 Å². The quantitative estimate of drug-likeness (QED) is 0.599. The lowest BCUT2D eigenvalue weighted by atomic mass is 10.3. The lowest BCUT2D eigenvalue weighted by Crippen LogP contribution is -1.86. The highest BCUT2D eigenvalue weighted by Gasteiger charge is 2.16. The molecule has 0 aromatic carbocycles. The molecule has 0 N–H and O–H groups in total. The van der Waals surface area contributed by atoms with Gasteiger partial charge in [-0.3, -0.25) is 0 Å². The van der Waals surface area contributed by atoms with Crippen molar-refractivity contribution < 1.29 is 13.3 Å². The summed E-state index contributed by atoms with van der Waals surface area (Å²) in [5.41, 5.74) is -0.808. The van der Waals surface area contributed by atoms with E-state index in [1.807, 2.05) is 0 Å². The van der Waals surface area contributed by atoms with Crippen LogP contribution in [0.15, 0.2) is 10.8 Å². The van der Waals surface area contributed by atoms with Crippen LogP contribution in [0.5, 0.6) is 0 Å². The van der Waals surface area contributed by atoms with Gasteiger partial charge in [0, 0.05) is 0 Å². The molecule has 0 aliphatic rings. The van der Waals surface area contributed by atoms with Gasteiger partial charge in [0.2, 0.25) is 0 Å². The van der Waals surface area contributed by atoms with Crippen LogP contribution in [-0.4, -0.2) is 5.16 Å². The van der Waals surface area contributed by atoms with Gasteiger partial charge in [0.15, 0.2) is 5.69 Å². The molecule has 0 saturated heterocycles. The van der Waals surface area contributed by atoms with Crippen LogP contribution in [0.4, 0.5) is 8.78 Å². The highest BCUT2D eigenvalue weighted by Crippen LogP contribution is 2.19. The van der Waals surface area contributed by atoms with E-state index in [0.29, 0.717) is 0 Å². The predicted octanol–water partition coefficient (Wildman–Crippen LogP) is 1.48. The molecule has 10 heavy (non-hydrogen) atoms. The zero-order valence-corrected chi connectivity index (χ0v) is 4.71. The van der Waals surface area contributed by atoms with Gasteiger partial charge in [0.25, 0.3) is 6.43 Å². The van der Waals surface area contributed by atoms with Gasteiger partial charge >= 0.3 is 0 Å². The maximum Gasteiger partial charge on any atom is 0.285 e. The first-order valence-electron chi connectivity index (χ1n) is 2.38. The second kappa shape index (κ2) is 2.43. The van der Waals surface area contributed by atoms with Gasteiger partial charge in [-0.15, -0.1) is 0 Å². The van der Waals surface area contributed by atoms with Crippen molar-refractivity contribution in [3.63, 3.8) is 0 Å². The summed E-state index contributed by atoms with van der Waals surface area (Å²) in [7, 11) is 0. The van der Waals surface area contributed by atoms with E-state index in [2.05, 4.69) is 9.68 Å².